The summed E-state index contributed by atoms with van der Waals surface area (Å²) < 4.78 is 1.29. The van der Waals surface area contributed by atoms with Crippen LogP contribution < -0.4 is 4.90 Å². The summed E-state index contributed by atoms with van der Waals surface area (Å²) in [6.07, 6.45) is 3.60. The van der Waals surface area contributed by atoms with Crippen molar-refractivity contribution in [2.75, 3.05) is 18.0 Å². The molecule has 5 nitrogen and oxygen atoms in total. The van der Waals surface area contributed by atoms with Gasteiger partial charge in [0.25, 0.3) is 5.91 Å². The molecule has 9 heteroatoms. The summed E-state index contributed by atoms with van der Waals surface area (Å²) in [7, 11) is 0. The number of allylic oxidation sites excluding steroid dienone is 2. The molecule has 0 atom stereocenters. The molecule has 1 amide bonds. The first-order valence-corrected chi connectivity index (χ1v) is 10.2. The first kappa shape index (κ1) is 18.5. The van der Waals surface area contributed by atoms with Gasteiger partial charge in [0, 0.05) is 15.9 Å². The van der Waals surface area contributed by atoms with Gasteiger partial charge in [0.2, 0.25) is 0 Å². The molecule has 25 heavy (non-hydrogen) atoms. The summed E-state index contributed by atoms with van der Waals surface area (Å²) in [5, 5.41) is 9.89. The van der Waals surface area contributed by atoms with Crippen LogP contribution in [-0.2, 0) is 9.59 Å². The molecule has 0 saturated carbocycles. The highest BCUT2D eigenvalue weighted by Gasteiger charge is 2.33. The zero-order valence-corrected chi connectivity index (χ0v) is 17.1. The quantitative estimate of drug-likeness (QED) is 0.541. The van der Waals surface area contributed by atoms with Gasteiger partial charge in [0.1, 0.15) is 10.9 Å². The van der Waals surface area contributed by atoms with Crippen LogP contribution in [-0.4, -0.2) is 39.3 Å². The van der Waals surface area contributed by atoms with E-state index in [0.29, 0.717) is 4.91 Å². The van der Waals surface area contributed by atoms with Crippen molar-refractivity contribution in [2.24, 2.45) is 0 Å². The van der Waals surface area contributed by atoms with E-state index in [0.717, 1.165) is 43.3 Å². The number of carbonyl (C=O) groups excluding carboxylic acids is 1. The Labute approximate surface area is 167 Å². The van der Waals surface area contributed by atoms with E-state index in [2.05, 4.69) is 39.9 Å². The number of hydrogen-bond acceptors (Lipinski definition) is 6. The fourth-order valence-electron chi connectivity index (χ4n) is 2.46. The number of amides is 1. The third-order valence-electron chi connectivity index (χ3n) is 3.55. The highest BCUT2D eigenvalue weighted by molar-refractivity contribution is 9.10. The van der Waals surface area contributed by atoms with E-state index in [1.165, 1.54) is 0 Å². The second kappa shape index (κ2) is 7.53. The predicted molar refractivity (Wildman–Crippen MR) is 109 cm³/mol. The lowest BCUT2D eigenvalue weighted by molar-refractivity contribution is -0.140. The van der Waals surface area contributed by atoms with Gasteiger partial charge in [-0.05, 0) is 37.3 Å². The van der Waals surface area contributed by atoms with Crippen molar-refractivity contribution in [1.82, 2.24) is 4.90 Å². The predicted octanol–water partition coefficient (Wildman–Crippen LogP) is 4.05. The van der Waals surface area contributed by atoms with E-state index < -0.39 is 12.5 Å². The van der Waals surface area contributed by atoms with Crippen LogP contribution in [0.4, 0.5) is 5.69 Å². The van der Waals surface area contributed by atoms with Gasteiger partial charge in [0.05, 0.1) is 15.6 Å². The third-order valence-corrected chi connectivity index (χ3v) is 6.57. The normalized spacial score (nSPS) is 20.1. The molecule has 1 saturated heterocycles. The lowest BCUT2D eigenvalue weighted by Gasteiger charge is -2.17. The maximum absolute atomic E-state index is 12.3. The molecule has 2 aliphatic rings. The number of nitrogens with zero attached hydrogens (tertiary/aromatic N) is 2. The van der Waals surface area contributed by atoms with Crippen LogP contribution in [0.3, 0.4) is 0 Å². The maximum atomic E-state index is 12.3. The minimum absolute atomic E-state index is 0.274. The second-order valence-corrected chi connectivity index (χ2v) is 8.80. The van der Waals surface area contributed by atoms with Gasteiger partial charge in [0.15, 0.2) is 0 Å². The molecular formula is C16H13BrN2O3S3. The smallest absolute Gasteiger partial charge is 0.323 e. The number of hydrogen-bond donors (Lipinski definition) is 1. The van der Waals surface area contributed by atoms with E-state index in [9.17, 15) is 9.59 Å². The number of carboxylic acids is 1. The molecule has 0 aromatic heterocycles. The fraction of sp³-hybridized carbons (Fsp3) is 0.188. The summed E-state index contributed by atoms with van der Waals surface area (Å²) in [5.41, 5.74) is 1.12. The molecule has 1 N–H and O–H groups in total. The van der Waals surface area contributed by atoms with Crippen LogP contribution in [0.15, 0.2) is 49.7 Å². The average Bonchev–Trinajstić information content (AvgIpc) is 3.03. The highest BCUT2D eigenvalue weighted by Crippen LogP contribution is 2.47. The molecule has 1 fully saturated rings. The standard InChI is InChI=1S/C16H13BrN2O3S3/c1-2-18-10-7-9(17)3-4-11(10)24-13(18)6-5-12-15(22)19(8-14(20)21)16(23)25-12/h3-7H,2,8H2,1H3,(H,20,21)/b12-5+,13-6-. The second-order valence-electron chi connectivity index (χ2n) is 5.15. The first-order chi connectivity index (χ1) is 11.9. The molecule has 1 aromatic carbocycles. The number of benzene rings is 1. The van der Waals surface area contributed by atoms with Crippen LogP contribution >= 0.6 is 51.7 Å². The molecule has 2 heterocycles. The molecule has 130 valence electrons. The van der Waals surface area contributed by atoms with Crippen molar-refractivity contribution in [2.45, 2.75) is 11.8 Å². The zero-order chi connectivity index (χ0) is 18.1. The zero-order valence-electron chi connectivity index (χ0n) is 13.1. The molecule has 0 aliphatic carbocycles. The Balaban J connectivity index is 1.85. The van der Waals surface area contributed by atoms with Crippen LogP contribution in [0.5, 0.6) is 0 Å². The van der Waals surface area contributed by atoms with Gasteiger partial charge in [-0.1, -0.05) is 51.7 Å². The topological polar surface area (TPSA) is 60.9 Å². The van der Waals surface area contributed by atoms with Gasteiger partial charge in [-0.2, -0.15) is 0 Å². The molecular weight excluding hydrogens is 444 g/mol. The number of aliphatic carboxylic acids is 1. The van der Waals surface area contributed by atoms with E-state index >= 15 is 0 Å². The SMILES string of the molecule is CCN1/C(=C/C=C2/SC(=S)N(CC(=O)O)C2=O)Sc2ccc(Br)cc21. The number of carboxylic acid groups (broad SMARTS) is 1. The molecule has 0 unspecified atom stereocenters. The largest absolute Gasteiger partial charge is 0.480 e. The van der Waals surface area contributed by atoms with Gasteiger partial charge >= 0.3 is 5.97 Å². The van der Waals surface area contributed by atoms with Gasteiger partial charge in [-0.15, -0.1) is 0 Å². The number of fused-ring (bicyclic) bond motifs is 1. The summed E-state index contributed by atoms with van der Waals surface area (Å²) in [6, 6.07) is 6.12. The Morgan fingerprint density at radius 1 is 1.32 bits per heavy atom. The van der Waals surface area contributed by atoms with E-state index in [1.807, 2.05) is 12.1 Å². The number of carbonyl (C=O) groups is 2. The monoisotopic (exact) mass is 456 g/mol. The van der Waals surface area contributed by atoms with Gasteiger partial charge in [-0.25, -0.2) is 0 Å². The van der Waals surface area contributed by atoms with Gasteiger partial charge < -0.3 is 10.0 Å². The molecule has 3 rings (SSSR count). The Bertz CT molecular complexity index is 838. The van der Waals surface area contributed by atoms with Crippen molar-refractivity contribution in [3.63, 3.8) is 0 Å². The molecule has 2 aliphatic heterocycles. The van der Waals surface area contributed by atoms with Crippen LogP contribution in [0.2, 0.25) is 0 Å². The Kier molecular flexibility index (Phi) is 5.57. The number of halogens is 1. The Morgan fingerprint density at radius 2 is 2.08 bits per heavy atom. The Morgan fingerprint density at radius 3 is 2.76 bits per heavy atom. The number of thioether (sulfide) groups is 2. The summed E-state index contributed by atoms with van der Waals surface area (Å²) >= 11 is 11.4. The minimum Gasteiger partial charge on any atom is -0.480 e. The Hall–Kier alpha value is -1.29. The van der Waals surface area contributed by atoms with Crippen molar-refractivity contribution in [1.29, 1.82) is 0 Å². The van der Waals surface area contributed by atoms with E-state index in [-0.39, 0.29) is 10.2 Å². The first-order valence-electron chi connectivity index (χ1n) is 7.33. The van der Waals surface area contributed by atoms with Crippen LogP contribution in [0, 0.1) is 0 Å². The minimum atomic E-state index is -1.08. The highest BCUT2D eigenvalue weighted by atomic mass is 79.9. The lowest BCUT2D eigenvalue weighted by atomic mass is 10.3. The maximum Gasteiger partial charge on any atom is 0.323 e. The number of thiocarbonyl (C=S) groups is 1. The van der Waals surface area contributed by atoms with E-state index in [1.54, 1.807) is 17.8 Å². The van der Waals surface area contributed by atoms with Crippen molar-refractivity contribution < 1.29 is 14.7 Å². The van der Waals surface area contributed by atoms with E-state index in [4.69, 9.17) is 17.3 Å². The van der Waals surface area contributed by atoms with Crippen LogP contribution in [0.25, 0.3) is 0 Å². The number of rotatable bonds is 4. The van der Waals surface area contributed by atoms with Gasteiger partial charge in [-0.3, -0.25) is 14.5 Å². The summed E-state index contributed by atoms with van der Waals surface area (Å²) in [5.74, 6) is -1.44. The molecule has 0 radical (unpaired) electrons. The molecule has 0 bridgehead atoms. The van der Waals surface area contributed by atoms with Crippen molar-refractivity contribution in [3.05, 3.63) is 44.8 Å². The fourth-order valence-corrected chi connectivity index (χ4v) is 5.11. The average molecular weight is 457 g/mol. The van der Waals surface area contributed by atoms with Crippen LogP contribution in [0.1, 0.15) is 6.92 Å². The van der Waals surface area contributed by atoms with Crippen molar-refractivity contribution in [3.8, 4) is 0 Å². The lowest BCUT2D eigenvalue weighted by Crippen LogP contribution is -2.33. The summed E-state index contributed by atoms with van der Waals surface area (Å²) in [4.78, 5) is 28.0. The van der Waals surface area contributed by atoms with Crippen molar-refractivity contribution >= 4 is 73.6 Å². The summed E-state index contributed by atoms with van der Waals surface area (Å²) in [6.45, 7) is 2.46. The number of anilines is 1. The molecule has 1 aromatic rings. The molecule has 0 spiro atoms. The third kappa shape index (κ3) is 3.79.